The van der Waals surface area contributed by atoms with E-state index in [1.807, 2.05) is 0 Å². The Morgan fingerprint density at radius 3 is 2.45 bits per heavy atom. The third kappa shape index (κ3) is 6.21. The van der Waals surface area contributed by atoms with E-state index in [0.29, 0.717) is 30.2 Å². The zero-order valence-corrected chi connectivity index (χ0v) is 17.5. The summed E-state index contributed by atoms with van der Waals surface area (Å²) in [6.07, 6.45) is 4.55. The molecule has 4 rings (SSSR count). The summed E-state index contributed by atoms with van der Waals surface area (Å²) in [6.45, 7) is 3.86. The summed E-state index contributed by atoms with van der Waals surface area (Å²) in [5, 5.41) is 6.83. The molecule has 31 heavy (non-hydrogen) atoms. The summed E-state index contributed by atoms with van der Waals surface area (Å²) < 4.78 is 18.2. The second kappa shape index (κ2) is 10.3. The number of aromatic nitrogens is 2. The molecule has 1 amide bonds. The van der Waals surface area contributed by atoms with E-state index < -0.39 is 0 Å². The highest BCUT2D eigenvalue weighted by molar-refractivity contribution is 5.76. The third-order valence-corrected chi connectivity index (χ3v) is 5.50. The van der Waals surface area contributed by atoms with Gasteiger partial charge in [0.15, 0.2) is 0 Å². The lowest BCUT2D eigenvalue weighted by Crippen LogP contribution is -2.29. The zero-order valence-electron chi connectivity index (χ0n) is 17.5. The van der Waals surface area contributed by atoms with Crippen molar-refractivity contribution in [3.63, 3.8) is 0 Å². The maximum atomic E-state index is 13.0. The van der Waals surface area contributed by atoms with Gasteiger partial charge in [-0.05, 0) is 61.3 Å². The number of amides is 1. The van der Waals surface area contributed by atoms with Crippen LogP contribution in [0.2, 0.25) is 0 Å². The monoisotopic (exact) mass is 422 g/mol. The van der Waals surface area contributed by atoms with E-state index in [-0.39, 0.29) is 18.1 Å². The van der Waals surface area contributed by atoms with Crippen molar-refractivity contribution in [3.05, 3.63) is 71.4 Å². The van der Waals surface area contributed by atoms with Crippen molar-refractivity contribution in [1.29, 1.82) is 0 Å². The topological polar surface area (TPSA) is 71.3 Å². The molecule has 1 fully saturated rings. The van der Waals surface area contributed by atoms with Crippen LogP contribution in [-0.2, 0) is 24.3 Å². The lowest BCUT2D eigenvalue weighted by atomic mass is 10.1. The molecule has 6 nitrogen and oxygen atoms in total. The summed E-state index contributed by atoms with van der Waals surface area (Å²) in [5.74, 6) is 0.385. The van der Waals surface area contributed by atoms with E-state index in [1.165, 1.54) is 50.0 Å². The minimum atomic E-state index is -0.319. The summed E-state index contributed by atoms with van der Waals surface area (Å²) in [6, 6.07) is 14.3. The number of piperidine rings is 1. The Kier molecular flexibility index (Phi) is 7.04. The van der Waals surface area contributed by atoms with E-state index in [2.05, 4.69) is 44.6 Å². The number of rotatable bonds is 8. The first-order valence-electron chi connectivity index (χ1n) is 10.8. The lowest BCUT2D eigenvalue weighted by molar-refractivity contribution is -0.121. The molecule has 1 aliphatic rings. The van der Waals surface area contributed by atoms with Crippen molar-refractivity contribution < 1.29 is 13.7 Å². The molecule has 1 N–H and O–H groups in total. The first kappa shape index (κ1) is 21.2. The van der Waals surface area contributed by atoms with Crippen molar-refractivity contribution >= 4 is 5.91 Å². The summed E-state index contributed by atoms with van der Waals surface area (Å²) in [7, 11) is 0. The van der Waals surface area contributed by atoms with Gasteiger partial charge in [-0.15, -0.1) is 0 Å². The van der Waals surface area contributed by atoms with Crippen LogP contribution in [0.1, 0.15) is 42.7 Å². The van der Waals surface area contributed by atoms with Crippen LogP contribution in [0, 0.1) is 5.82 Å². The highest BCUT2D eigenvalue weighted by Crippen LogP contribution is 2.17. The number of aryl methyl sites for hydroxylation is 1. The summed E-state index contributed by atoms with van der Waals surface area (Å²) in [5.41, 5.74) is 3.06. The van der Waals surface area contributed by atoms with Crippen molar-refractivity contribution in [3.8, 4) is 11.4 Å². The molecule has 7 heteroatoms. The maximum Gasteiger partial charge on any atom is 0.227 e. The molecule has 1 aliphatic heterocycles. The average molecular weight is 423 g/mol. The molecule has 2 aromatic carbocycles. The van der Waals surface area contributed by atoms with E-state index in [4.69, 9.17) is 4.52 Å². The van der Waals surface area contributed by atoms with Crippen LogP contribution in [0.15, 0.2) is 53.1 Å². The second-order valence-corrected chi connectivity index (χ2v) is 7.95. The lowest BCUT2D eigenvalue weighted by Gasteiger charge is -2.26. The van der Waals surface area contributed by atoms with Gasteiger partial charge < -0.3 is 9.84 Å². The van der Waals surface area contributed by atoms with Crippen LogP contribution in [0.25, 0.3) is 11.4 Å². The van der Waals surface area contributed by atoms with E-state index in [9.17, 15) is 9.18 Å². The Hall–Kier alpha value is -3.06. The SMILES string of the molecule is O=C(CCc1nc(-c2ccc(F)cc2)no1)NCc1ccc(CN2CCCCC2)cc1. The molecule has 3 aromatic rings. The van der Waals surface area contributed by atoms with Crippen LogP contribution >= 0.6 is 0 Å². The number of carbonyl (C=O) groups excluding carboxylic acids is 1. The van der Waals surface area contributed by atoms with Crippen LogP contribution in [0.5, 0.6) is 0 Å². The molecule has 162 valence electrons. The van der Waals surface area contributed by atoms with Gasteiger partial charge in [0, 0.05) is 31.5 Å². The van der Waals surface area contributed by atoms with Gasteiger partial charge in [0.2, 0.25) is 17.6 Å². The highest BCUT2D eigenvalue weighted by Gasteiger charge is 2.12. The Balaban J connectivity index is 1.20. The minimum Gasteiger partial charge on any atom is -0.352 e. The molecule has 1 saturated heterocycles. The summed E-state index contributed by atoms with van der Waals surface area (Å²) >= 11 is 0. The van der Waals surface area contributed by atoms with Crippen LogP contribution in [0.3, 0.4) is 0 Å². The minimum absolute atomic E-state index is 0.0704. The maximum absolute atomic E-state index is 13.0. The fraction of sp³-hybridized carbons (Fsp3) is 0.375. The van der Waals surface area contributed by atoms with Crippen molar-refractivity contribution in [2.75, 3.05) is 13.1 Å². The fourth-order valence-electron chi connectivity index (χ4n) is 3.72. The molecular weight excluding hydrogens is 395 g/mol. The second-order valence-electron chi connectivity index (χ2n) is 7.95. The molecule has 0 aliphatic carbocycles. The first-order chi connectivity index (χ1) is 15.2. The van der Waals surface area contributed by atoms with Crippen LogP contribution in [-0.4, -0.2) is 34.0 Å². The van der Waals surface area contributed by atoms with Crippen molar-refractivity contribution in [2.45, 2.75) is 45.2 Å². The number of hydrogen-bond acceptors (Lipinski definition) is 5. The number of benzene rings is 2. The van der Waals surface area contributed by atoms with Gasteiger partial charge in [-0.25, -0.2) is 4.39 Å². The Labute approximate surface area is 181 Å². The quantitative estimate of drug-likeness (QED) is 0.592. The van der Waals surface area contributed by atoms with Gasteiger partial charge in [-0.1, -0.05) is 35.8 Å². The Bertz CT molecular complexity index is 980. The smallest absolute Gasteiger partial charge is 0.227 e. The fourth-order valence-corrected chi connectivity index (χ4v) is 3.72. The van der Waals surface area contributed by atoms with Crippen LogP contribution in [0.4, 0.5) is 4.39 Å². The van der Waals surface area contributed by atoms with E-state index >= 15 is 0 Å². The largest absolute Gasteiger partial charge is 0.352 e. The van der Waals surface area contributed by atoms with Gasteiger partial charge >= 0.3 is 0 Å². The summed E-state index contributed by atoms with van der Waals surface area (Å²) in [4.78, 5) is 19.0. The predicted octanol–water partition coefficient (Wildman–Crippen LogP) is 4.11. The molecule has 0 radical (unpaired) electrons. The molecule has 0 unspecified atom stereocenters. The van der Waals surface area contributed by atoms with Crippen molar-refractivity contribution in [2.24, 2.45) is 0 Å². The van der Waals surface area contributed by atoms with Gasteiger partial charge in [0.1, 0.15) is 5.82 Å². The van der Waals surface area contributed by atoms with Gasteiger partial charge in [0.05, 0.1) is 0 Å². The highest BCUT2D eigenvalue weighted by atomic mass is 19.1. The molecular formula is C24H27FN4O2. The molecule has 0 spiro atoms. The van der Waals surface area contributed by atoms with Gasteiger partial charge in [-0.2, -0.15) is 4.98 Å². The number of carbonyl (C=O) groups is 1. The number of nitrogens with one attached hydrogen (secondary N) is 1. The molecule has 0 bridgehead atoms. The van der Waals surface area contributed by atoms with Gasteiger partial charge in [-0.3, -0.25) is 9.69 Å². The van der Waals surface area contributed by atoms with Crippen molar-refractivity contribution in [1.82, 2.24) is 20.4 Å². The predicted molar refractivity (Wildman–Crippen MR) is 115 cm³/mol. The average Bonchev–Trinajstić information content (AvgIpc) is 3.27. The van der Waals surface area contributed by atoms with Crippen LogP contribution < -0.4 is 5.32 Å². The zero-order chi connectivity index (χ0) is 21.5. The van der Waals surface area contributed by atoms with E-state index in [0.717, 1.165) is 12.1 Å². The molecule has 1 aromatic heterocycles. The molecule has 0 saturated carbocycles. The number of halogens is 1. The van der Waals surface area contributed by atoms with Gasteiger partial charge in [0.25, 0.3) is 0 Å². The number of likely N-dealkylation sites (tertiary alicyclic amines) is 1. The molecule has 2 heterocycles. The normalized spacial score (nSPS) is 14.5. The Morgan fingerprint density at radius 1 is 1.00 bits per heavy atom. The number of nitrogens with zero attached hydrogens (tertiary/aromatic N) is 3. The number of hydrogen-bond donors (Lipinski definition) is 1. The third-order valence-electron chi connectivity index (χ3n) is 5.50. The first-order valence-corrected chi connectivity index (χ1v) is 10.8. The standard InChI is InChI=1S/C24H27FN4O2/c25-21-10-8-20(9-11-21)24-27-23(31-28-24)13-12-22(30)26-16-18-4-6-19(7-5-18)17-29-14-2-1-3-15-29/h4-11H,1-3,12-17H2,(H,26,30). The Morgan fingerprint density at radius 2 is 1.71 bits per heavy atom. The van der Waals surface area contributed by atoms with E-state index in [1.54, 1.807) is 12.1 Å². The molecule has 0 atom stereocenters.